The first kappa shape index (κ1) is 16.7. The van der Waals surface area contributed by atoms with Gasteiger partial charge in [0.1, 0.15) is 6.61 Å². The number of hydrogen-bond donors (Lipinski definition) is 1. The highest BCUT2D eigenvalue weighted by Crippen LogP contribution is 2.21. The summed E-state index contributed by atoms with van der Waals surface area (Å²) in [6, 6.07) is 0.237. The predicted octanol–water partition coefficient (Wildman–Crippen LogP) is 2.75. The minimum atomic E-state index is -4.23. The van der Waals surface area contributed by atoms with Crippen LogP contribution in [0.3, 0.4) is 0 Å². The molecule has 0 aliphatic carbocycles. The zero-order chi connectivity index (χ0) is 14.1. The largest absolute Gasteiger partial charge is 0.411 e. The van der Waals surface area contributed by atoms with Crippen LogP contribution < -0.4 is 5.32 Å². The second-order valence-electron chi connectivity index (χ2n) is 5.00. The molecule has 19 heavy (non-hydrogen) atoms. The Labute approximate surface area is 112 Å². The minimum absolute atomic E-state index is 0.153. The van der Waals surface area contributed by atoms with Crippen molar-refractivity contribution in [1.29, 1.82) is 0 Å². The molecule has 1 saturated heterocycles. The van der Waals surface area contributed by atoms with Crippen molar-refractivity contribution in [2.75, 3.05) is 33.0 Å². The lowest BCUT2D eigenvalue weighted by Gasteiger charge is -2.27. The van der Waals surface area contributed by atoms with Gasteiger partial charge < -0.3 is 14.8 Å². The van der Waals surface area contributed by atoms with Gasteiger partial charge in [0, 0.05) is 25.9 Å². The standard InChI is InChI=1S/C13H24F3NO2/c1-2-17-12(5-8-19-10-13(14,15)16)9-11-3-6-18-7-4-11/h11-12,17H,2-10H2,1H3. The molecule has 3 nitrogen and oxygen atoms in total. The van der Waals surface area contributed by atoms with Crippen molar-refractivity contribution in [3.63, 3.8) is 0 Å². The summed E-state index contributed by atoms with van der Waals surface area (Å²) in [5.74, 6) is 0.611. The maximum absolute atomic E-state index is 11.9. The summed E-state index contributed by atoms with van der Waals surface area (Å²) in [6.07, 6.45) is -0.515. The zero-order valence-corrected chi connectivity index (χ0v) is 11.5. The third kappa shape index (κ3) is 8.44. The van der Waals surface area contributed by atoms with Gasteiger partial charge in [-0.15, -0.1) is 0 Å². The quantitative estimate of drug-likeness (QED) is 0.695. The first-order valence-electron chi connectivity index (χ1n) is 6.97. The number of nitrogens with one attached hydrogen (secondary N) is 1. The second kappa shape index (κ2) is 8.76. The predicted molar refractivity (Wildman–Crippen MR) is 67.1 cm³/mol. The molecule has 0 amide bonds. The Morgan fingerprint density at radius 2 is 2.00 bits per heavy atom. The van der Waals surface area contributed by atoms with Crippen LogP contribution in [0.15, 0.2) is 0 Å². The number of ether oxygens (including phenoxy) is 2. The summed E-state index contributed by atoms with van der Waals surface area (Å²) in [5.41, 5.74) is 0. The molecule has 0 bridgehead atoms. The lowest BCUT2D eigenvalue weighted by Crippen LogP contribution is -2.34. The monoisotopic (exact) mass is 283 g/mol. The maximum atomic E-state index is 11.9. The lowest BCUT2D eigenvalue weighted by molar-refractivity contribution is -0.174. The Morgan fingerprint density at radius 3 is 2.58 bits per heavy atom. The topological polar surface area (TPSA) is 30.5 Å². The van der Waals surface area contributed by atoms with Crippen LogP contribution in [0.1, 0.15) is 32.6 Å². The molecule has 0 aromatic carbocycles. The van der Waals surface area contributed by atoms with Gasteiger partial charge in [-0.25, -0.2) is 0 Å². The van der Waals surface area contributed by atoms with Gasteiger partial charge in [-0.2, -0.15) is 13.2 Å². The lowest BCUT2D eigenvalue weighted by atomic mass is 9.91. The van der Waals surface area contributed by atoms with Crippen molar-refractivity contribution >= 4 is 0 Å². The van der Waals surface area contributed by atoms with E-state index in [2.05, 4.69) is 10.1 Å². The van der Waals surface area contributed by atoms with Crippen LogP contribution in [0.4, 0.5) is 13.2 Å². The fourth-order valence-electron chi connectivity index (χ4n) is 2.39. The van der Waals surface area contributed by atoms with Crippen molar-refractivity contribution in [3.05, 3.63) is 0 Å². The SMILES string of the molecule is CCNC(CCOCC(F)(F)F)CC1CCOCC1. The van der Waals surface area contributed by atoms with Crippen molar-refractivity contribution in [2.24, 2.45) is 5.92 Å². The van der Waals surface area contributed by atoms with Gasteiger partial charge in [0.05, 0.1) is 0 Å². The summed E-state index contributed by atoms with van der Waals surface area (Å²) in [7, 11) is 0. The average molecular weight is 283 g/mol. The third-order valence-corrected chi connectivity index (χ3v) is 3.33. The van der Waals surface area contributed by atoms with Crippen molar-refractivity contribution in [2.45, 2.75) is 44.8 Å². The van der Waals surface area contributed by atoms with E-state index < -0.39 is 12.8 Å². The highest BCUT2D eigenvalue weighted by molar-refractivity contribution is 4.73. The van der Waals surface area contributed by atoms with E-state index in [1.807, 2.05) is 6.92 Å². The normalized spacial score (nSPS) is 19.6. The fraction of sp³-hybridized carbons (Fsp3) is 1.00. The van der Waals surface area contributed by atoms with Gasteiger partial charge in [0.15, 0.2) is 0 Å². The van der Waals surface area contributed by atoms with Gasteiger partial charge in [0.25, 0.3) is 0 Å². The highest BCUT2D eigenvalue weighted by atomic mass is 19.4. The van der Waals surface area contributed by atoms with Gasteiger partial charge in [-0.3, -0.25) is 0 Å². The first-order chi connectivity index (χ1) is 9.01. The molecule has 1 N–H and O–H groups in total. The molecule has 1 aliphatic rings. The van der Waals surface area contributed by atoms with E-state index in [0.717, 1.165) is 39.0 Å². The van der Waals surface area contributed by atoms with E-state index in [4.69, 9.17) is 4.74 Å². The van der Waals surface area contributed by atoms with Crippen molar-refractivity contribution < 1.29 is 22.6 Å². The fourth-order valence-corrected chi connectivity index (χ4v) is 2.39. The third-order valence-electron chi connectivity index (χ3n) is 3.33. The van der Waals surface area contributed by atoms with Crippen molar-refractivity contribution in [3.8, 4) is 0 Å². The van der Waals surface area contributed by atoms with Crippen LogP contribution in [0.2, 0.25) is 0 Å². The number of rotatable bonds is 8. The highest BCUT2D eigenvalue weighted by Gasteiger charge is 2.27. The molecule has 6 heteroatoms. The molecule has 0 aromatic heterocycles. The smallest absolute Gasteiger partial charge is 0.381 e. The average Bonchev–Trinajstić information content (AvgIpc) is 2.35. The Kier molecular flexibility index (Phi) is 7.71. The minimum Gasteiger partial charge on any atom is -0.381 e. The summed E-state index contributed by atoms with van der Waals surface area (Å²) < 4.78 is 45.8. The van der Waals surface area contributed by atoms with Crippen LogP contribution in [-0.4, -0.2) is 45.2 Å². The molecule has 1 aliphatic heterocycles. The summed E-state index contributed by atoms with van der Waals surface area (Å²) in [5, 5.41) is 3.33. The number of halogens is 3. The van der Waals surface area contributed by atoms with Gasteiger partial charge in [-0.05, 0) is 38.1 Å². The molecule has 1 heterocycles. The molecular formula is C13H24F3NO2. The van der Waals surface area contributed by atoms with E-state index in [-0.39, 0.29) is 12.6 Å². The molecular weight excluding hydrogens is 259 g/mol. The summed E-state index contributed by atoms with van der Waals surface area (Å²) >= 11 is 0. The van der Waals surface area contributed by atoms with Crippen molar-refractivity contribution in [1.82, 2.24) is 5.32 Å². The van der Waals surface area contributed by atoms with Crippen LogP contribution in [0.5, 0.6) is 0 Å². The Bertz CT molecular complexity index is 230. The van der Waals surface area contributed by atoms with Gasteiger partial charge >= 0.3 is 6.18 Å². The molecule has 1 rings (SSSR count). The van der Waals surface area contributed by atoms with E-state index in [9.17, 15) is 13.2 Å². The molecule has 0 spiro atoms. The van der Waals surface area contributed by atoms with Crippen LogP contribution in [0.25, 0.3) is 0 Å². The molecule has 0 aromatic rings. The van der Waals surface area contributed by atoms with Crippen LogP contribution in [0, 0.1) is 5.92 Å². The van der Waals surface area contributed by atoms with Crippen LogP contribution >= 0.6 is 0 Å². The van der Waals surface area contributed by atoms with Gasteiger partial charge in [-0.1, -0.05) is 6.92 Å². The molecule has 114 valence electrons. The Morgan fingerprint density at radius 1 is 1.32 bits per heavy atom. The molecule has 0 saturated carbocycles. The number of hydrogen-bond acceptors (Lipinski definition) is 3. The van der Waals surface area contributed by atoms with E-state index in [1.54, 1.807) is 0 Å². The summed E-state index contributed by atoms with van der Waals surface area (Å²) in [6.45, 7) is 3.44. The second-order valence-corrected chi connectivity index (χ2v) is 5.00. The maximum Gasteiger partial charge on any atom is 0.411 e. The molecule has 0 radical (unpaired) electrons. The molecule has 1 atom stereocenters. The first-order valence-corrected chi connectivity index (χ1v) is 6.97. The number of alkyl halides is 3. The van der Waals surface area contributed by atoms with E-state index in [1.165, 1.54) is 0 Å². The Balaban J connectivity index is 2.19. The van der Waals surface area contributed by atoms with E-state index >= 15 is 0 Å². The Hall–Kier alpha value is -0.330. The zero-order valence-electron chi connectivity index (χ0n) is 11.5. The molecule has 1 unspecified atom stereocenters. The van der Waals surface area contributed by atoms with E-state index in [0.29, 0.717) is 12.3 Å². The molecule has 1 fully saturated rings. The van der Waals surface area contributed by atoms with Gasteiger partial charge in [0.2, 0.25) is 0 Å². The van der Waals surface area contributed by atoms with Crippen LogP contribution in [-0.2, 0) is 9.47 Å². The summed E-state index contributed by atoms with van der Waals surface area (Å²) in [4.78, 5) is 0.